The van der Waals surface area contributed by atoms with E-state index in [1.54, 1.807) is 0 Å². The lowest BCUT2D eigenvalue weighted by Crippen LogP contribution is -2.19. The van der Waals surface area contributed by atoms with E-state index in [4.69, 9.17) is 5.73 Å². The summed E-state index contributed by atoms with van der Waals surface area (Å²) in [5, 5.41) is 0. The lowest BCUT2D eigenvalue weighted by Gasteiger charge is -2.14. The van der Waals surface area contributed by atoms with Crippen molar-refractivity contribution in [3.05, 3.63) is 58.6 Å². The lowest BCUT2D eigenvalue weighted by molar-refractivity contribution is -0.119. The predicted molar refractivity (Wildman–Crippen MR) is 77.2 cm³/mol. The van der Waals surface area contributed by atoms with Crippen LogP contribution in [0, 0.1) is 0 Å². The summed E-state index contributed by atoms with van der Waals surface area (Å²) in [5.74, 6) is -0.593. The predicted octanol–water partition coefficient (Wildman–Crippen LogP) is 3.70. The van der Waals surface area contributed by atoms with Crippen molar-refractivity contribution < 1.29 is 4.79 Å². The van der Waals surface area contributed by atoms with Gasteiger partial charge in [0.15, 0.2) is 0 Å². The summed E-state index contributed by atoms with van der Waals surface area (Å²) >= 11 is 3.41. The fraction of sp³-hybridized carbons (Fsp3) is 0.133. The number of rotatable bonds is 3. The highest BCUT2D eigenvalue weighted by Gasteiger charge is 2.15. The second kappa shape index (κ2) is 5.36. The van der Waals surface area contributed by atoms with Gasteiger partial charge in [-0.2, -0.15) is 0 Å². The van der Waals surface area contributed by atoms with Gasteiger partial charge in [0.05, 0.1) is 5.92 Å². The maximum atomic E-state index is 11.4. The number of primary amides is 1. The van der Waals surface area contributed by atoms with Crippen molar-refractivity contribution in [2.45, 2.75) is 12.8 Å². The third-order valence-electron chi connectivity index (χ3n) is 3.01. The molecule has 2 nitrogen and oxygen atoms in total. The Morgan fingerprint density at radius 1 is 1.11 bits per heavy atom. The minimum absolute atomic E-state index is 0.287. The van der Waals surface area contributed by atoms with Crippen LogP contribution in [0.3, 0.4) is 0 Å². The zero-order chi connectivity index (χ0) is 13.1. The van der Waals surface area contributed by atoms with Gasteiger partial charge in [-0.25, -0.2) is 0 Å². The summed E-state index contributed by atoms with van der Waals surface area (Å²) in [5.41, 5.74) is 8.49. The molecule has 1 atom stereocenters. The molecule has 2 aromatic carbocycles. The van der Waals surface area contributed by atoms with Crippen molar-refractivity contribution in [3.63, 3.8) is 0 Å². The summed E-state index contributed by atoms with van der Waals surface area (Å²) in [7, 11) is 0. The van der Waals surface area contributed by atoms with Crippen LogP contribution in [-0.2, 0) is 4.79 Å². The number of carbonyl (C=O) groups excluding carboxylic acids is 1. The fourth-order valence-electron chi connectivity index (χ4n) is 1.92. The van der Waals surface area contributed by atoms with Crippen molar-refractivity contribution in [2.75, 3.05) is 0 Å². The molecule has 0 saturated carbocycles. The van der Waals surface area contributed by atoms with Crippen molar-refractivity contribution in [1.82, 2.24) is 0 Å². The van der Waals surface area contributed by atoms with Gasteiger partial charge in [-0.05, 0) is 35.7 Å². The summed E-state index contributed by atoms with van der Waals surface area (Å²) in [4.78, 5) is 11.4. The van der Waals surface area contributed by atoms with Crippen LogP contribution in [0.1, 0.15) is 18.4 Å². The molecule has 0 radical (unpaired) electrons. The van der Waals surface area contributed by atoms with Gasteiger partial charge in [0.25, 0.3) is 0 Å². The lowest BCUT2D eigenvalue weighted by atomic mass is 9.91. The first kappa shape index (κ1) is 12.8. The maximum Gasteiger partial charge on any atom is 0.224 e. The van der Waals surface area contributed by atoms with Gasteiger partial charge in [0.2, 0.25) is 5.91 Å². The van der Waals surface area contributed by atoms with E-state index < -0.39 is 0 Å². The number of nitrogens with two attached hydrogens (primary N) is 1. The van der Waals surface area contributed by atoms with Crippen LogP contribution in [0.4, 0.5) is 0 Å². The Kier molecular flexibility index (Phi) is 3.82. The number of hydrogen-bond donors (Lipinski definition) is 1. The van der Waals surface area contributed by atoms with E-state index in [0.717, 1.165) is 21.2 Å². The molecule has 0 aliphatic carbocycles. The summed E-state index contributed by atoms with van der Waals surface area (Å²) in [6.07, 6.45) is 0. The Hall–Kier alpha value is -1.61. The van der Waals surface area contributed by atoms with Crippen LogP contribution in [0.5, 0.6) is 0 Å². The van der Waals surface area contributed by atoms with Crippen LogP contribution in [-0.4, -0.2) is 5.91 Å². The summed E-state index contributed by atoms with van der Waals surface area (Å²) in [6, 6.07) is 15.9. The normalized spacial score (nSPS) is 12.1. The van der Waals surface area contributed by atoms with E-state index >= 15 is 0 Å². The minimum atomic E-state index is -0.306. The van der Waals surface area contributed by atoms with E-state index in [9.17, 15) is 4.79 Å². The molecular formula is C15H14BrNO. The van der Waals surface area contributed by atoms with Crippen LogP contribution < -0.4 is 5.73 Å². The monoisotopic (exact) mass is 303 g/mol. The van der Waals surface area contributed by atoms with E-state index in [0.29, 0.717) is 0 Å². The molecule has 3 heteroatoms. The average Bonchev–Trinajstić information content (AvgIpc) is 2.39. The van der Waals surface area contributed by atoms with Gasteiger partial charge in [-0.3, -0.25) is 4.79 Å². The Labute approximate surface area is 115 Å². The van der Waals surface area contributed by atoms with E-state index in [1.165, 1.54) is 0 Å². The van der Waals surface area contributed by atoms with E-state index in [2.05, 4.69) is 15.9 Å². The van der Waals surface area contributed by atoms with E-state index in [-0.39, 0.29) is 11.8 Å². The first-order chi connectivity index (χ1) is 8.59. The second-order valence-electron chi connectivity index (χ2n) is 4.22. The molecule has 0 aliphatic rings. The molecule has 0 heterocycles. The van der Waals surface area contributed by atoms with Crippen LogP contribution in [0.2, 0.25) is 0 Å². The summed E-state index contributed by atoms with van der Waals surface area (Å²) in [6.45, 7) is 1.83. The Bertz CT molecular complexity index is 563. The molecule has 1 unspecified atom stereocenters. The maximum absolute atomic E-state index is 11.4. The molecule has 1 amide bonds. The zero-order valence-corrected chi connectivity index (χ0v) is 11.6. The molecule has 0 saturated heterocycles. The molecule has 0 aromatic heterocycles. The Balaban J connectivity index is 2.51. The summed E-state index contributed by atoms with van der Waals surface area (Å²) < 4.78 is 1.03. The van der Waals surface area contributed by atoms with Gasteiger partial charge in [-0.15, -0.1) is 0 Å². The molecule has 2 N–H and O–H groups in total. The molecule has 0 aliphatic heterocycles. The molecule has 92 valence electrons. The quantitative estimate of drug-likeness (QED) is 0.923. The Morgan fingerprint density at radius 2 is 1.72 bits per heavy atom. The fourth-order valence-corrected chi connectivity index (χ4v) is 2.18. The van der Waals surface area contributed by atoms with Crippen LogP contribution in [0.25, 0.3) is 11.1 Å². The molecule has 18 heavy (non-hydrogen) atoms. The minimum Gasteiger partial charge on any atom is -0.369 e. The van der Waals surface area contributed by atoms with Crippen molar-refractivity contribution in [2.24, 2.45) is 5.73 Å². The van der Waals surface area contributed by atoms with Crippen LogP contribution >= 0.6 is 15.9 Å². The second-order valence-corrected chi connectivity index (χ2v) is 5.13. The topological polar surface area (TPSA) is 43.1 Å². The molecular weight excluding hydrogens is 290 g/mol. The number of amides is 1. The third kappa shape index (κ3) is 2.62. The SMILES string of the molecule is CC(C(N)=O)c1ccccc1-c1ccc(Br)cc1. The van der Waals surface area contributed by atoms with Crippen molar-refractivity contribution >= 4 is 21.8 Å². The molecule has 2 rings (SSSR count). The number of halogens is 1. The van der Waals surface area contributed by atoms with E-state index in [1.807, 2.05) is 55.5 Å². The largest absolute Gasteiger partial charge is 0.369 e. The first-order valence-corrected chi connectivity index (χ1v) is 6.53. The molecule has 2 aromatic rings. The highest BCUT2D eigenvalue weighted by molar-refractivity contribution is 9.10. The van der Waals surface area contributed by atoms with Crippen molar-refractivity contribution in [1.29, 1.82) is 0 Å². The molecule has 0 spiro atoms. The van der Waals surface area contributed by atoms with Gasteiger partial charge < -0.3 is 5.73 Å². The first-order valence-electron chi connectivity index (χ1n) is 5.74. The molecule has 0 bridgehead atoms. The van der Waals surface area contributed by atoms with Gasteiger partial charge >= 0.3 is 0 Å². The highest BCUT2D eigenvalue weighted by Crippen LogP contribution is 2.29. The number of hydrogen-bond acceptors (Lipinski definition) is 1. The van der Waals surface area contributed by atoms with Gasteiger partial charge in [0, 0.05) is 4.47 Å². The van der Waals surface area contributed by atoms with Crippen LogP contribution in [0.15, 0.2) is 53.0 Å². The van der Waals surface area contributed by atoms with Gasteiger partial charge in [0.1, 0.15) is 0 Å². The zero-order valence-electron chi connectivity index (χ0n) is 10.1. The highest BCUT2D eigenvalue weighted by atomic mass is 79.9. The average molecular weight is 304 g/mol. The molecule has 0 fully saturated rings. The number of benzene rings is 2. The smallest absolute Gasteiger partial charge is 0.224 e. The Morgan fingerprint density at radius 3 is 2.33 bits per heavy atom. The number of carbonyl (C=O) groups is 1. The van der Waals surface area contributed by atoms with Crippen molar-refractivity contribution in [3.8, 4) is 11.1 Å². The standard InChI is InChI=1S/C15H14BrNO/c1-10(15(17)18)13-4-2-3-5-14(13)11-6-8-12(16)9-7-11/h2-10H,1H3,(H2,17,18). The van der Waals surface area contributed by atoms with Gasteiger partial charge in [-0.1, -0.05) is 52.3 Å². The third-order valence-corrected chi connectivity index (χ3v) is 3.54.